The Morgan fingerprint density at radius 2 is 1.90 bits per heavy atom. The standard InChI is InChI=1S/C17H14O4/c1-11-2-6-14(7-3-11)20-10-15-8-12-4-5-13(17(18)19)9-16(12)21-15/h2-9H,10H2,1H3,(H,18,19). The topological polar surface area (TPSA) is 59.7 Å². The van der Waals surface area contributed by atoms with Crippen LogP contribution in [0.1, 0.15) is 21.7 Å². The Balaban J connectivity index is 1.78. The lowest BCUT2D eigenvalue weighted by molar-refractivity contribution is 0.0697. The van der Waals surface area contributed by atoms with E-state index in [4.69, 9.17) is 14.3 Å². The van der Waals surface area contributed by atoms with Crippen LogP contribution in [0.2, 0.25) is 0 Å². The van der Waals surface area contributed by atoms with Gasteiger partial charge in [-0.15, -0.1) is 0 Å². The second-order valence-corrected chi connectivity index (χ2v) is 4.87. The number of carboxylic acids is 1. The summed E-state index contributed by atoms with van der Waals surface area (Å²) < 4.78 is 11.3. The minimum Gasteiger partial charge on any atom is -0.486 e. The van der Waals surface area contributed by atoms with Crippen LogP contribution in [0.4, 0.5) is 0 Å². The van der Waals surface area contributed by atoms with Gasteiger partial charge in [0.15, 0.2) is 0 Å². The zero-order valence-corrected chi connectivity index (χ0v) is 11.5. The molecule has 21 heavy (non-hydrogen) atoms. The lowest BCUT2D eigenvalue weighted by Gasteiger charge is -2.03. The lowest BCUT2D eigenvalue weighted by Crippen LogP contribution is -1.94. The molecule has 1 heterocycles. The summed E-state index contributed by atoms with van der Waals surface area (Å²) in [6.45, 7) is 2.32. The fourth-order valence-electron chi connectivity index (χ4n) is 2.08. The molecule has 4 heteroatoms. The minimum atomic E-state index is -0.967. The van der Waals surface area contributed by atoms with Crippen molar-refractivity contribution in [1.82, 2.24) is 0 Å². The Kier molecular flexibility index (Phi) is 3.36. The number of fused-ring (bicyclic) bond motifs is 1. The minimum absolute atomic E-state index is 0.211. The Morgan fingerprint density at radius 3 is 2.62 bits per heavy atom. The highest BCUT2D eigenvalue weighted by Crippen LogP contribution is 2.22. The van der Waals surface area contributed by atoms with Crippen LogP contribution in [0.3, 0.4) is 0 Å². The van der Waals surface area contributed by atoms with Crippen LogP contribution in [-0.4, -0.2) is 11.1 Å². The van der Waals surface area contributed by atoms with Gasteiger partial charge >= 0.3 is 5.97 Å². The zero-order valence-electron chi connectivity index (χ0n) is 11.5. The molecule has 1 aromatic heterocycles. The fraction of sp³-hybridized carbons (Fsp3) is 0.118. The molecule has 106 valence electrons. The van der Waals surface area contributed by atoms with Gasteiger partial charge in [-0.2, -0.15) is 0 Å². The number of carboxylic acid groups (broad SMARTS) is 1. The van der Waals surface area contributed by atoms with Crippen molar-refractivity contribution in [3.05, 3.63) is 65.4 Å². The number of rotatable bonds is 4. The molecule has 0 saturated heterocycles. The van der Waals surface area contributed by atoms with E-state index in [9.17, 15) is 4.79 Å². The van der Waals surface area contributed by atoms with Gasteiger partial charge in [0.05, 0.1) is 5.56 Å². The van der Waals surface area contributed by atoms with Crippen LogP contribution in [0, 0.1) is 6.92 Å². The highest BCUT2D eigenvalue weighted by Gasteiger charge is 2.08. The highest BCUT2D eigenvalue weighted by molar-refractivity contribution is 5.92. The first kappa shape index (κ1) is 13.2. The molecular formula is C17H14O4. The van der Waals surface area contributed by atoms with Gasteiger partial charge in [0.25, 0.3) is 0 Å². The summed E-state index contributed by atoms with van der Waals surface area (Å²) >= 11 is 0. The van der Waals surface area contributed by atoms with E-state index in [0.29, 0.717) is 18.0 Å². The molecule has 0 spiro atoms. The number of aromatic carboxylic acids is 1. The number of hydrogen-bond acceptors (Lipinski definition) is 3. The molecular weight excluding hydrogens is 268 g/mol. The third kappa shape index (κ3) is 2.89. The molecule has 0 aliphatic rings. The third-order valence-corrected chi connectivity index (χ3v) is 3.22. The van der Waals surface area contributed by atoms with Crippen LogP contribution >= 0.6 is 0 Å². The predicted molar refractivity (Wildman–Crippen MR) is 78.7 cm³/mol. The van der Waals surface area contributed by atoms with Gasteiger partial charge in [0, 0.05) is 5.39 Å². The molecule has 3 rings (SSSR count). The molecule has 2 aromatic carbocycles. The van der Waals surface area contributed by atoms with E-state index in [-0.39, 0.29) is 5.56 Å². The van der Waals surface area contributed by atoms with Crippen LogP contribution in [0.5, 0.6) is 5.75 Å². The number of carbonyl (C=O) groups is 1. The molecule has 0 fully saturated rings. The predicted octanol–water partition coefficient (Wildman–Crippen LogP) is 4.02. The smallest absolute Gasteiger partial charge is 0.335 e. The number of ether oxygens (including phenoxy) is 1. The summed E-state index contributed by atoms with van der Waals surface area (Å²) in [5, 5.41) is 9.82. The number of aryl methyl sites for hydroxylation is 1. The molecule has 0 saturated carbocycles. The molecule has 0 unspecified atom stereocenters. The Bertz CT molecular complexity index is 784. The van der Waals surface area contributed by atoms with Gasteiger partial charge in [-0.25, -0.2) is 4.79 Å². The Hall–Kier alpha value is -2.75. The first-order valence-electron chi connectivity index (χ1n) is 6.57. The van der Waals surface area contributed by atoms with E-state index < -0.39 is 5.97 Å². The first-order chi connectivity index (χ1) is 10.1. The molecule has 1 N–H and O–H groups in total. The average Bonchev–Trinajstić information content (AvgIpc) is 2.88. The summed E-state index contributed by atoms with van der Waals surface area (Å²) in [4.78, 5) is 10.9. The maximum atomic E-state index is 10.9. The SMILES string of the molecule is Cc1ccc(OCc2cc3ccc(C(=O)O)cc3o2)cc1. The zero-order chi connectivity index (χ0) is 14.8. The normalized spacial score (nSPS) is 10.7. The van der Waals surface area contributed by atoms with Crippen molar-refractivity contribution in [2.45, 2.75) is 13.5 Å². The first-order valence-corrected chi connectivity index (χ1v) is 6.57. The van der Waals surface area contributed by atoms with Crippen molar-refractivity contribution < 1.29 is 19.1 Å². The van der Waals surface area contributed by atoms with Crippen LogP contribution in [0.15, 0.2) is 52.9 Å². The molecule has 3 aromatic rings. The van der Waals surface area contributed by atoms with Crippen LogP contribution in [0.25, 0.3) is 11.0 Å². The van der Waals surface area contributed by atoms with Crippen molar-refractivity contribution in [3.8, 4) is 5.75 Å². The van der Waals surface area contributed by atoms with E-state index >= 15 is 0 Å². The highest BCUT2D eigenvalue weighted by atomic mass is 16.5. The number of hydrogen-bond donors (Lipinski definition) is 1. The van der Waals surface area contributed by atoms with E-state index in [1.807, 2.05) is 37.3 Å². The molecule has 0 aliphatic heterocycles. The van der Waals surface area contributed by atoms with Gasteiger partial charge in [-0.3, -0.25) is 0 Å². The van der Waals surface area contributed by atoms with Crippen molar-refractivity contribution in [1.29, 1.82) is 0 Å². The monoisotopic (exact) mass is 282 g/mol. The second-order valence-electron chi connectivity index (χ2n) is 4.87. The summed E-state index contributed by atoms with van der Waals surface area (Å²) in [5.41, 5.74) is 1.94. The number of furan rings is 1. The molecule has 4 nitrogen and oxygen atoms in total. The van der Waals surface area contributed by atoms with Gasteiger partial charge in [-0.05, 0) is 37.3 Å². The molecule has 0 atom stereocenters. The molecule has 0 amide bonds. The average molecular weight is 282 g/mol. The second kappa shape index (κ2) is 5.32. The quantitative estimate of drug-likeness (QED) is 0.785. The maximum absolute atomic E-state index is 10.9. The van der Waals surface area contributed by atoms with Crippen molar-refractivity contribution in [2.75, 3.05) is 0 Å². The Morgan fingerprint density at radius 1 is 1.14 bits per heavy atom. The van der Waals surface area contributed by atoms with Gasteiger partial charge < -0.3 is 14.3 Å². The lowest BCUT2D eigenvalue weighted by atomic mass is 10.2. The van der Waals surface area contributed by atoms with Crippen LogP contribution in [-0.2, 0) is 6.61 Å². The summed E-state index contributed by atoms with van der Waals surface area (Å²) in [7, 11) is 0. The van der Waals surface area contributed by atoms with E-state index in [1.54, 1.807) is 12.1 Å². The van der Waals surface area contributed by atoms with E-state index in [1.165, 1.54) is 11.6 Å². The fourth-order valence-corrected chi connectivity index (χ4v) is 2.08. The van der Waals surface area contributed by atoms with Crippen LogP contribution < -0.4 is 4.74 Å². The molecule has 0 radical (unpaired) electrons. The van der Waals surface area contributed by atoms with Crippen molar-refractivity contribution in [2.24, 2.45) is 0 Å². The molecule has 0 aliphatic carbocycles. The van der Waals surface area contributed by atoms with Gasteiger partial charge in [0.2, 0.25) is 0 Å². The van der Waals surface area contributed by atoms with Gasteiger partial charge in [0.1, 0.15) is 23.7 Å². The van der Waals surface area contributed by atoms with Crippen molar-refractivity contribution in [3.63, 3.8) is 0 Å². The van der Waals surface area contributed by atoms with E-state index in [0.717, 1.165) is 11.1 Å². The summed E-state index contributed by atoms with van der Waals surface area (Å²) in [5.74, 6) is 0.464. The Labute approximate surface area is 121 Å². The van der Waals surface area contributed by atoms with E-state index in [2.05, 4.69) is 0 Å². The maximum Gasteiger partial charge on any atom is 0.335 e. The number of benzene rings is 2. The van der Waals surface area contributed by atoms with Crippen molar-refractivity contribution >= 4 is 16.9 Å². The summed E-state index contributed by atoms with van der Waals surface area (Å²) in [6, 6.07) is 14.4. The molecule has 0 bridgehead atoms. The van der Waals surface area contributed by atoms with Gasteiger partial charge in [-0.1, -0.05) is 23.8 Å². The largest absolute Gasteiger partial charge is 0.486 e. The summed E-state index contributed by atoms with van der Waals surface area (Å²) in [6.07, 6.45) is 0. The third-order valence-electron chi connectivity index (χ3n) is 3.22.